The Morgan fingerprint density at radius 1 is 1.03 bits per heavy atom. The molecule has 176 valence electrons. The Bertz CT molecular complexity index is 950. The molecule has 2 aliphatic heterocycles. The van der Waals surface area contributed by atoms with Gasteiger partial charge in [0.2, 0.25) is 17.7 Å². The van der Waals surface area contributed by atoms with Crippen LogP contribution >= 0.6 is 0 Å². The van der Waals surface area contributed by atoms with Crippen LogP contribution in [0.2, 0.25) is 0 Å². The number of hydrogen-bond donors (Lipinski definition) is 1. The first-order valence-corrected chi connectivity index (χ1v) is 12.0. The average molecular weight is 452 g/mol. The van der Waals surface area contributed by atoms with Crippen LogP contribution < -0.4 is 5.32 Å². The highest BCUT2D eigenvalue weighted by Crippen LogP contribution is 2.26. The van der Waals surface area contributed by atoms with Gasteiger partial charge in [-0.1, -0.05) is 30.3 Å². The van der Waals surface area contributed by atoms with Crippen molar-refractivity contribution in [1.29, 1.82) is 0 Å². The second-order valence-electron chi connectivity index (χ2n) is 8.89. The van der Waals surface area contributed by atoms with E-state index < -0.39 is 0 Å². The number of carbonyl (C=O) groups is 3. The minimum atomic E-state index is -0.00300. The summed E-state index contributed by atoms with van der Waals surface area (Å²) in [5, 5.41) is 7.45. The van der Waals surface area contributed by atoms with Gasteiger partial charge < -0.3 is 15.1 Å². The largest absolute Gasteiger partial charge is 0.342 e. The molecule has 33 heavy (non-hydrogen) atoms. The van der Waals surface area contributed by atoms with Gasteiger partial charge in [-0.05, 0) is 37.7 Å². The second kappa shape index (κ2) is 11.1. The van der Waals surface area contributed by atoms with Crippen LogP contribution in [0.25, 0.3) is 0 Å². The molecule has 3 heterocycles. The van der Waals surface area contributed by atoms with Gasteiger partial charge in [0.1, 0.15) is 5.82 Å². The van der Waals surface area contributed by atoms with Crippen LogP contribution in [0.4, 0.5) is 5.82 Å². The zero-order valence-electron chi connectivity index (χ0n) is 19.1. The van der Waals surface area contributed by atoms with Crippen LogP contribution in [0.15, 0.2) is 42.6 Å². The van der Waals surface area contributed by atoms with Crippen LogP contribution in [0.5, 0.6) is 0 Å². The lowest BCUT2D eigenvalue weighted by Gasteiger charge is -2.33. The summed E-state index contributed by atoms with van der Waals surface area (Å²) in [6.45, 7) is 2.63. The molecule has 0 aliphatic carbocycles. The zero-order valence-corrected chi connectivity index (χ0v) is 19.1. The number of carbonyl (C=O) groups excluding carboxylic acids is 3. The van der Waals surface area contributed by atoms with E-state index in [-0.39, 0.29) is 23.8 Å². The first kappa shape index (κ1) is 23.0. The fourth-order valence-corrected chi connectivity index (χ4v) is 4.70. The molecule has 0 radical (unpaired) electrons. The van der Waals surface area contributed by atoms with E-state index in [0.717, 1.165) is 44.5 Å². The predicted octanol–water partition coefficient (Wildman–Crippen LogP) is 3.02. The van der Waals surface area contributed by atoms with Gasteiger partial charge in [-0.3, -0.25) is 14.4 Å². The highest BCUT2D eigenvalue weighted by Gasteiger charge is 2.27. The molecular weight excluding hydrogens is 418 g/mol. The van der Waals surface area contributed by atoms with Crippen molar-refractivity contribution in [2.45, 2.75) is 57.4 Å². The van der Waals surface area contributed by atoms with E-state index in [1.165, 1.54) is 5.56 Å². The van der Waals surface area contributed by atoms with E-state index in [2.05, 4.69) is 22.5 Å². The third-order valence-corrected chi connectivity index (χ3v) is 6.58. The van der Waals surface area contributed by atoms with Gasteiger partial charge in [-0.2, -0.15) is 5.10 Å². The molecule has 0 saturated carbocycles. The van der Waals surface area contributed by atoms with Crippen molar-refractivity contribution < 1.29 is 14.4 Å². The van der Waals surface area contributed by atoms with E-state index in [1.54, 1.807) is 11.1 Å². The highest BCUT2D eigenvalue weighted by atomic mass is 16.2. The standard InChI is InChI=1S/C25H33N5O3/c31-23(9-4-8-20-6-2-1-3-7-20)27-22-11-15-26-30(22)21-12-17-29(18-13-21)25(33)14-19-28-16-5-10-24(28)32/h1-3,6-7,11,15,21H,4-5,8-10,12-14,16-19H2,(H,27,31). The number of rotatable bonds is 9. The predicted molar refractivity (Wildman–Crippen MR) is 126 cm³/mol. The molecule has 2 saturated heterocycles. The summed E-state index contributed by atoms with van der Waals surface area (Å²) in [6.07, 6.45) is 7.35. The summed E-state index contributed by atoms with van der Waals surface area (Å²) < 4.78 is 1.89. The number of aromatic nitrogens is 2. The minimum Gasteiger partial charge on any atom is -0.342 e. The van der Waals surface area contributed by atoms with Gasteiger partial charge in [0.05, 0.1) is 12.2 Å². The highest BCUT2D eigenvalue weighted by molar-refractivity contribution is 5.89. The number of likely N-dealkylation sites (tertiary alicyclic amines) is 2. The number of benzene rings is 1. The summed E-state index contributed by atoms with van der Waals surface area (Å²) in [7, 11) is 0. The lowest BCUT2D eigenvalue weighted by Crippen LogP contribution is -2.41. The lowest BCUT2D eigenvalue weighted by atomic mass is 10.0. The monoisotopic (exact) mass is 451 g/mol. The third-order valence-electron chi connectivity index (χ3n) is 6.58. The lowest BCUT2D eigenvalue weighted by molar-refractivity contribution is -0.134. The van der Waals surface area contributed by atoms with Crippen molar-refractivity contribution in [3.05, 3.63) is 48.2 Å². The summed E-state index contributed by atoms with van der Waals surface area (Å²) in [6, 6.07) is 12.2. The van der Waals surface area contributed by atoms with Crippen molar-refractivity contribution in [3.63, 3.8) is 0 Å². The Balaban J connectivity index is 1.20. The maximum absolute atomic E-state index is 12.6. The minimum absolute atomic E-state index is 0.00300. The smallest absolute Gasteiger partial charge is 0.225 e. The summed E-state index contributed by atoms with van der Waals surface area (Å²) >= 11 is 0. The SMILES string of the molecule is O=C(CCCc1ccccc1)Nc1ccnn1C1CCN(C(=O)CCN2CCCC2=O)CC1. The third kappa shape index (κ3) is 6.21. The van der Waals surface area contributed by atoms with Crippen molar-refractivity contribution in [1.82, 2.24) is 19.6 Å². The van der Waals surface area contributed by atoms with Crippen molar-refractivity contribution in [3.8, 4) is 0 Å². The Labute approximate surface area is 194 Å². The Morgan fingerprint density at radius 2 is 1.82 bits per heavy atom. The van der Waals surface area contributed by atoms with Gasteiger partial charge in [-0.15, -0.1) is 0 Å². The topological polar surface area (TPSA) is 87.5 Å². The first-order valence-electron chi connectivity index (χ1n) is 12.0. The van der Waals surface area contributed by atoms with Crippen LogP contribution in [0.3, 0.4) is 0 Å². The van der Waals surface area contributed by atoms with E-state index in [1.807, 2.05) is 33.8 Å². The van der Waals surface area contributed by atoms with Crippen LogP contribution in [-0.4, -0.2) is 63.5 Å². The van der Waals surface area contributed by atoms with E-state index in [9.17, 15) is 14.4 Å². The fraction of sp³-hybridized carbons (Fsp3) is 0.520. The molecule has 4 rings (SSSR count). The van der Waals surface area contributed by atoms with Gasteiger partial charge in [0, 0.05) is 51.5 Å². The van der Waals surface area contributed by atoms with E-state index >= 15 is 0 Å². The molecule has 1 N–H and O–H groups in total. The molecule has 2 aliphatic rings. The number of anilines is 1. The number of amides is 3. The average Bonchev–Trinajstić information content (AvgIpc) is 3.47. The van der Waals surface area contributed by atoms with Gasteiger partial charge in [-0.25, -0.2) is 4.68 Å². The maximum Gasteiger partial charge on any atom is 0.225 e. The number of nitrogens with one attached hydrogen (secondary N) is 1. The van der Waals surface area contributed by atoms with E-state index in [4.69, 9.17) is 0 Å². The number of hydrogen-bond acceptors (Lipinski definition) is 4. The molecule has 1 aromatic heterocycles. The molecule has 1 aromatic carbocycles. The summed E-state index contributed by atoms with van der Waals surface area (Å²) in [4.78, 5) is 40.4. The maximum atomic E-state index is 12.6. The number of nitrogens with zero attached hydrogens (tertiary/aromatic N) is 4. The van der Waals surface area contributed by atoms with Gasteiger partial charge in [0.25, 0.3) is 0 Å². The molecule has 8 heteroatoms. The Morgan fingerprint density at radius 3 is 2.55 bits per heavy atom. The molecule has 0 spiro atoms. The molecule has 8 nitrogen and oxygen atoms in total. The van der Waals surface area contributed by atoms with Gasteiger partial charge in [0.15, 0.2) is 0 Å². The normalized spacial score (nSPS) is 16.9. The fourth-order valence-electron chi connectivity index (χ4n) is 4.70. The van der Waals surface area contributed by atoms with Crippen LogP contribution in [0, 0.1) is 0 Å². The van der Waals surface area contributed by atoms with Crippen LogP contribution in [-0.2, 0) is 20.8 Å². The molecule has 2 fully saturated rings. The van der Waals surface area contributed by atoms with Crippen molar-refractivity contribution >= 4 is 23.5 Å². The molecule has 0 bridgehead atoms. The Hall–Kier alpha value is -3.16. The van der Waals surface area contributed by atoms with E-state index in [0.29, 0.717) is 38.9 Å². The Kier molecular flexibility index (Phi) is 7.75. The molecule has 0 atom stereocenters. The molecule has 0 unspecified atom stereocenters. The number of piperidine rings is 1. The van der Waals surface area contributed by atoms with Gasteiger partial charge >= 0.3 is 0 Å². The summed E-state index contributed by atoms with van der Waals surface area (Å²) in [5.74, 6) is 0.990. The van der Waals surface area contributed by atoms with Crippen molar-refractivity contribution in [2.24, 2.45) is 0 Å². The second-order valence-corrected chi connectivity index (χ2v) is 8.89. The molecule has 2 aromatic rings. The molecule has 3 amide bonds. The van der Waals surface area contributed by atoms with Crippen LogP contribution in [0.1, 0.15) is 56.6 Å². The summed E-state index contributed by atoms with van der Waals surface area (Å²) in [5.41, 5.74) is 1.24. The first-order chi connectivity index (χ1) is 16.1. The number of aryl methyl sites for hydroxylation is 1. The quantitative estimate of drug-likeness (QED) is 0.635. The zero-order chi connectivity index (χ0) is 23.0. The molecular formula is C25H33N5O3. The van der Waals surface area contributed by atoms with Crippen molar-refractivity contribution in [2.75, 3.05) is 31.5 Å².